The molecular weight excluding hydrogens is 348 g/mol. The molecule has 0 bridgehead atoms. The number of rotatable bonds is 4. The maximum Gasteiger partial charge on any atom is 0.322 e. The fourth-order valence-electron chi connectivity index (χ4n) is 3.23. The molecule has 1 aromatic heterocycles. The molecule has 6 nitrogen and oxygen atoms in total. The minimum Gasteiger partial charge on any atom is -0.352 e. The Hall–Kier alpha value is -2.41. The number of carbonyl (C=O) groups excluding carboxylic acids is 2. The number of likely N-dealkylation sites (tertiary alicyclic amines) is 1. The lowest BCUT2D eigenvalue weighted by Gasteiger charge is -2.34. The normalized spacial score (nSPS) is 17.0. The highest BCUT2D eigenvalue weighted by Crippen LogP contribution is 2.32. The van der Waals surface area contributed by atoms with Crippen LogP contribution >= 0.6 is 11.3 Å². The van der Waals surface area contributed by atoms with Gasteiger partial charge in [-0.05, 0) is 56.9 Å². The second-order valence-corrected chi connectivity index (χ2v) is 7.32. The van der Waals surface area contributed by atoms with Crippen molar-refractivity contribution in [3.63, 3.8) is 0 Å². The molecule has 1 aliphatic rings. The Morgan fingerprint density at radius 3 is 2.88 bits per heavy atom. The summed E-state index contributed by atoms with van der Waals surface area (Å²) in [5, 5.41) is 8.72. The Morgan fingerprint density at radius 1 is 1.35 bits per heavy atom. The first-order chi connectivity index (χ1) is 12.6. The van der Waals surface area contributed by atoms with E-state index >= 15 is 0 Å². The first-order valence-electron chi connectivity index (χ1n) is 8.96. The average molecular weight is 372 g/mol. The van der Waals surface area contributed by atoms with Gasteiger partial charge in [0.2, 0.25) is 0 Å². The molecule has 2 N–H and O–H groups in total. The van der Waals surface area contributed by atoms with Crippen LogP contribution in [-0.2, 0) is 0 Å². The third-order valence-electron chi connectivity index (χ3n) is 4.57. The van der Waals surface area contributed by atoms with E-state index < -0.39 is 0 Å². The third-order valence-corrected chi connectivity index (χ3v) is 5.44. The van der Waals surface area contributed by atoms with E-state index in [9.17, 15) is 9.59 Å². The molecule has 1 aromatic carbocycles. The summed E-state index contributed by atoms with van der Waals surface area (Å²) < 4.78 is 0. The van der Waals surface area contributed by atoms with Gasteiger partial charge in [-0.3, -0.25) is 4.79 Å². The Morgan fingerprint density at radius 2 is 2.19 bits per heavy atom. The Kier molecular flexibility index (Phi) is 5.88. The van der Waals surface area contributed by atoms with Crippen molar-refractivity contribution in [2.45, 2.75) is 39.2 Å². The number of nitrogens with one attached hydrogen (secondary N) is 2. The van der Waals surface area contributed by atoms with E-state index in [1.165, 1.54) is 0 Å². The number of carbonyl (C=O) groups is 2. The van der Waals surface area contributed by atoms with Crippen molar-refractivity contribution in [2.75, 3.05) is 18.4 Å². The number of piperidine rings is 1. The van der Waals surface area contributed by atoms with Gasteiger partial charge in [0.25, 0.3) is 5.91 Å². The summed E-state index contributed by atoms with van der Waals surface area (Å²) in [6.45, 7) is 5.10. The lowest BCUT2D eigenvalue weighted by Crippen LogP contribution is -2.41. The SMILES string of the molecule is CCNC(=O)c1ccc(NC(=O)N2CCCC[C@@H]2c2nccs2)c(C)c1. The van der Waals surface area contributed by atoms with Gasteiger partial charge >= 0.3 is 6.03 Å². The molecule has 0 saturated carbocycles. The van der Waals surface area contributed by atoms with Crippen molar-refractivity contribution in [3.05, 3.63) is 45.9 Å². The summed E-state index contributed by atoms with van der Waals surface area (Å²) in [7, 11) is 0. The van der Waals surface area contributed by atoms with Crippen molar-refractivity contribution in [2.24, 2.45) is 0 Å². The summed E-state index contributed by atoms with van der Waals surface area (Å²) in [6, 6.07) is 5.26. The summed E-state index contributed by atoms with van der Waals surface area (Å²) in [4.78, 5) is 31.1. The van der Waals surface area contributed by atoms with Crippen LogP contribution in [0, 0.1) is 6.92 Å². The number of benzene rings is 1. The highest BCUT2D eigenvalue weighted by atomic mass is 32.1. The molecule has 3 rings (SSSR count). The van der Waals surface area contributed by atoms with Crippen molar-refractivity contribution in [3.8, 4) is 0 Å². The number of nitrogens with zero attached hydrogens (tertiary/aromatic N) is 2. The fraction of sp³-hybridized carbons (Fsp3) is 0.421. The predicted molar refractivity (Wildman–Crippen MR) is 104 cm³/mol. The maximum atomic E-state index is 12.9. The zero-order valence-electron chi connectivity index (χ0n) is 15.1. The van der Waals surface area contributed by atoms with Crippen LogP contribution in [0.25, 0.3) is 0 Å². The molecule has 0 unspecified atom stereocenters. The minimum absolute atomic E-state index is 0.0404. The number of thiazole rings is 1. The van der Waals surface area contributed by atoms with E-state index in [-0.39, 0.29) is 18.0 Å². The number of aryl methyl sites for hydroxylation is 1. The summed E-state index contributed by atoms with van der Waals surface area (Å²) in [5.41, 5.74) is 2.19. The van der Waals surface area contributed by atoms with Gasteiger partial charge in [0, 0.05) is 35.9 Å². The van der Waals surface area contributed by atoms with Gasteiger partial charge in [-0.2, -0.15) is 0 Å². The molecule has 1 aliphatic heterocycles. The van der Waals surface area contributed by atoms with E-state index in [0.29, 0.717) is 12.1 Å². The first kappa shape index (κ1) is 18.4. The second-order valence-electron chi connectivity index (χ2n) is 6.39. The van der Waals surface area contributed by atoms with E-state index in [1.807, 2.05) is 24.1 Å². The third kappa shape index (κ3) is 4.04. The number of anilines is 1. The van der Waals surface area contributed by atoms with E-state index in [2.05, 4.69) is 15.6 Å². The van der Waals surface area contributed by atoms with E-state index in [0.717, 1.165) is 42.1 Å². The second kappa shape index (κ2) is 8.31. The van der Waals surface area contributed by atoms with Crippen molar-refractivity contribution < 1.29 is 9.59 Å². The fourth-order valence-corrected chi connectivity index (χ4v) is 4.01. The monoisotopic (exact) mass is 372 g/mol. The van der Waals surface area contributed by atoms with Gasteiger partial charge in [-0.25, -0.2) is 9.78 Å². The first-order valence-corrected chi connectivity index (χ1v) is 9.84. The lowest BCUT2D eigenvalue weighted by atomic mass is 10.0. The van der Waals surface area contributed by atoms with Crippen molar-refractivity contribution >= 4 is 29.0 Å². The molecule has 0 spiro atoms. The minimum atomic E-state index is -0.112. The largest absolute Gasteiger partial charge is 0.352 e. The van der Waals surface area contributed by atoms with Gasteiger partial charge in [0.15, 0.2) is 0 Å². The number of urea groups is 1. The van der Waals surface area contributed by atoms with Gasteiger partial charge in [0.05, 0.1) is 6.04 Å². The molecule has 2 aromatic rings. The summed E-state index contributed by atoms with van der Waals surface area (Å²) >= 11 is 1.59. The maximum absolute atomic E-state index is 12.9. The molecule has 0 aliphatic carbocycles. The van der Waals surface area contributed by atoms with Crippen molar-refractivity contribution in [1.29, 1.82) is 0 Å². The quantitative estimate of drug-likeness (QED) is 0.853. The molecule has 1 fully saturated rings. The molecule has 138 valence electrons. The predicted octanol–water partition coefficient (Wildman–Crippen LogP) is 3.96. The molecule has 3 amide bonds. The van der Waals surface area contributed by atoms with Gasteiger partial charge < -0.3 is 15.5 Å². The number of aromatic nitrogens is 1. The van der Waals surface area contributed by atoms with Crippen LogP contribution in [-0.4, -0.2) is 34.9 Å². The molecular formula is C19H24N4O2S. The molecule has 1 saturated heterocycles. The Bertz CT molecular complexity index is 776. The van der Waals surface area contributed by atoms with Crippen LogP contribution in [0.2, 0.25) is 0 Å². The van der Waals surface area contributed by atoms with Gasteiger partial charge in [0.1, 0.15) is 5.01 Å². The molecule has 7 heteroatoms. The number of hydrogen-bond donors (Lipinski definition) is 2. The average Bonchev–Trinajstić information content (AvgIpc) is 3.18. The number of hydrogen-bond acceptors (Lipinski definition) is 4. The highest BCUT2D eigenvalue weighted by molar-refractivity contribution is 7.09. The Balaban J connectivity index is 1.73. The standard InChI is InChI=1S/C19H24N4O2S/c1-3-20-17(24)14-7-8-15(13(2)12-14)22-19(25)23-10-5-4-6-16(23)18-21-9-11-26-18/h7-9,11-12,16H,3-6,10H2,1-2H3,(H,20,24)(H,22,25)/t16-/m1/s1. The van der Waals surface area contributed by atoms with Crippen LogP contribution in [0.3, 0.4) is 0 Å². The van der Waals surface area contributed by atoms with E-state index in [4.69, 9.17) is 0 Å². The molecule has 26 heavy (non-hydrogen) atoms. The lowest BCUT2D eigenvalue weighted by molar-refractivity contribution is 0.0955. The van der Waals surface area contributed by atoms with Crippen molar-refractivity contribution in [1.82, 2.24) is 15.2 Å². The van der Waals surface area contributed by atoms with Crippen LogP contribution in [0.15, 0.2) is 29.8 Å². The molecule has 2 heterocycles. The van der Waals surface area contributed by atoms with Crippen LogP contribution in [0.1, 0.15) is 53.2 Å². The Labute approximate surface area is 157 Å². The number of amides is 3. The zero-order valence-corrected chi connectivity index (χ0v) is 15.9. The summed E-state index contributed by atoms with van der Waals surface area (Å²) in [6.07, 6.45) is 4.84. The molecule has 0 radical (unpaired) electrons. The zero-order chi connectivity index (χ0) is 18.5. The smallest absolute Gasteiger partial charge is 0.322 e. The van der Waals surface area contributed by atoms with Gasteiger partial charge in [-0.15, -0.1) is 11.3 Å². The van der Waals surface area contributed by atoms with Crippen LogP contribution in [0.5, 0.6) is 0 Å². The summed E-state index contributed by atoms with van der Waals surface area (Å²) in [5.74, 6) is -0.103. The van der Waals surface area contributed by atoms with Gasteiger partial charge in [-0.1, -0.05) is 0 Å². The van der Waals surface area contributed by atoms with Crippen LogP contribution < -0.4 is 10.6 Å². The van der Waals surface area contributed by atoms with E-state index in [1.54, 1.807) is 35.7 Å². The topological polar surface area (TPSA) is 74.3 Å². The van der Waals surface area contributed by atoms with Crippen LogP contribution in [0.4, 0.5) is 10.5 Å². The highest BCUT2D eigenvalue weighted by Gasteiger charge is 2.29. The molecule has 1 atom stereocenters.